The minimum Gasteiger partial charge on any atom is -0.375 e. The fraction of sp³-hybridized carbons (Fsp3) is 0.462. The van der Waals surface area contributed by atoms with Crippen LogP contribution in [-0.4, -0.2) is 22.5 Å². The summed E-state index contributed by atoms with van der Waals surface area (Å²) in [4.78, 5) is 7.82. The van der Waals surface area contributed by atoms with Crippen molar-refractivity contribution < 1.29 is 0 Å². The Morgan fingerprint density at radius 3 is 2.79 bits per heavy atom. The largest absolute Gasteiger partial charge is 0.375 e. The molecule has 0 aliphatic heterocycles. The van der Waals surface area contributed by atoms with Crippen molar-refractivity contribution in [2.45, 2.75) is 32.9 Å². The number of likely N-dealkylation sites (N-methyl/N-ethyl adjacent to an activating group) is 1. The van der Waals surface area contributed by atoms with Gasteiger partial charge in [-0.2, -0.15) is 11.3 Å². The number of rotatable bonds is 6. The predicted octanol–water partition coefficient (Wildman–Crippen LogP) is 3.66. The van der Waals surface area contributed by atoms with Gasteiger partial charge in [0.05, 0.1) is 0 Å². The van der Waals surface area contributed by atoms with Crippen molar-refractivity contribution in [3.8, 4) is 0 Å². The van der Waals surface area contributed by atoms with Gasteiger partial charge in [-0.1, -0.05) is 6.92 Å². The zero-order valence-electron chi connectivity index (χ0n) is 11.2. The molecule has 0 fully saturated rings. The van der Waals surface area contributed by atoms with Crippen LogP contribution in [-0.2, 0) is 13.0 Å². The van der Waals surface area contributed by atoms with E-state index in [1.54, 1.807) is 22.7 Å². The summed E-state index contributed by atoms with van der Waals surface area (Å²) < 4.78 is 0. The lowest BCUT2D eigenvalue weighted by atomic mass is 10.1. The maximum atomic E-state index is 5.67. The maximum absolute atomic E-state index is 5.67. The van der Waals surface area contributed by atoms with Crippen LogP contribution < -0.4 is 5.73 Å². The molecule has 2 heterocycles. The highest BCUT2D eigenvalue weighted by Crippen LogP contribution is 2.19. The monoisotopic (exact) mass is 317 g/mol. The van der Waals surface area contributed by atoms with Crippen molar-refractivity contribution in [3.05, 3.63) is 33.5 Å². The van der Waals surface area contributed by atoms with Gasteiger partial charge in [0.25, 0.3) is 0 Å². The number of hydrogen-bond donors (Lipinski definition) is 1. The summed E-state index contributed by atoms with van der Waals surface area (Å²) in [7, 11) is 0. The molecule has 1 unspecified atom stereocenters. The van der Waals surface area contributed by atoms with Crippen LogP contribution in [0.5, 0.6) is 0 Å². The first-order valence-corrected chi connectivity index (χ1v) is 7.90. The molecule has 0 aliphatic rings. The summed E-state index contributed by atoms with van der Waals surface area (Å²) in [6.45, 7) is 6.47. The second kappa shape index (κ2) is 7.85. The van der Waals surface area contributed by atoms with Crippen LogP contribution in [0.15, 0.2) is 23.0 Å². The van der Waals surface area contributed by atoms with Crippen molar-refractivity contribution >= 4 is 40.2 Å². The minimum absolute atomic E-state index is 0. The summed E-state index contributed by atoms with van der Waals surface area (Å²) in [5.41, 5.74) is 7.10. The first-order chi connectivity index (χ1) is 8.69. The second-order valence-electron chi connectivity index (χ2n) is 4.41. The molecule has 0 saturated carbocycles. The summed E-state index contributed by atoms with van der Waals surface area (Å²) >= 11 is 3.35. The molecule has 0 aromatic carbocycles. The van der Waals surface area contributed by atoms with Gasteiger partial charge < -0.3 is 5.73 Å². The Labute approximate surface area is 128 Å². The smallest absolute Gasteiger partial charge is 0.180 e. The number of nitrogen functional groups attached to an aromatic ring is 1. The summed E-state index contributed by atoms with van der Waals surface area (Å²) in [6.07, 6.45) is 2.99. The van der Waals surface area contributed by atoms with Crippen molar-refractivity contribution in [2.75, 3.05) is 12.3 Å². The van der Waals surface area contributed by atoms with Crippen molar-refractivity contribution in [1.29, 1.82) is 0 Å². The third-order valence-electron chi connectivity index (χ3n) is 3.07. The molecule has 19 heavy (non-hydrogen) atoms. The van der Waals surface area contributed by atoms with Crippen LogP contribution in [0.25, 0.3) is 0 Å². The highest BCUT2D eigenvalue weighted by Gasteiger charge is 2.14. The first-order valence-electron chi connectivity index (χ1n) is 6.14. The fourth-order valence-corrected chi connectivity index (χ4v) is 3.45. The summed E-state index contributed by atoms with van der Waals surface area (Å²) in [6, 6.07) is 2.74. The zero-order valence-corrected chi connectivity index (χ0v) is 13.7. The molecular formula is C13H20ClN3S2. The van der Waals surface area contributed by atoms with E-state index >= 15 is 0 Å². The second-order valence-corrected chi connectivity index (χ2v) is 6.34. The minimum atomic E-state index is 0. The normalized spacial score (nSPS) is 12.4. The van der Waals surface area contributed by atoms with Gasteiger partial charge >= 0.3 is 0 Å². The third-order valence-corrected chi connectivity index (χ3v) is 4.61. The molecule has 2 N–H and O–H groups in total. The van der Waals surface area contributed by atoms with Crippen LogP contribution in [0.2, 0.25) is 0 Å². The standard InChI is InChI=1S/C13H19N3S2.ClH/c1-3-16(8-12-7-15-13(14)18-12)10(2)6-11-4-5-17-9-11;/h4-5,7,9-10H,3,6,8H2,1-2H3,(H2,14,15);1H. The summed E-state index contributed by atoms with van der Waals surface area (Å²) in [5, 5.41) is 5.03. The molecule has 106 valence electrons. The molecule has 0 aliphatic carbocycles. The predicted molar refractivity (Wildman–Crippen MR) is 87.3 cm³/mol. The van der Waals surface area contributed by atoms with E-state index in [4.69, 9.17) is 5.73 Å². The maximum Gasteiger partial charge on any atom is 0.180 e. The average Bonchev–Trinajstić information content (AvgIpc) is 2.97. The number of halogens is 1. The lowest BCUT2D eigenvalue weighted by Gasteiger charge is -2.27. The van der Waals surface area contributed by atoms with Gasteiger partial charge in [-0.15, -0.1) is 23.7 Å². The van der Waals surface area contributed by atoms with Crippen LogP contribution in [0.1, 0.15) is 24.3 Å². The Hall–Kier alpha value is -0.620. The fourth-order valence-electron chi connectivity index (χ4n) is 2.05. The van der Waals surface area contributed by atoms with Crippen LogP contribution in [0, 0.1) is 0 Å². The molecular weight excluding hydrogens is 298 g/mol. The molecule has 6 heteroatoms. The lowest BCUT2D eigenvalue weighted by Crippen LogP contribution is -2.33. The highest BCUT2D eigenvalue weighted by molar-refractivity contribution is 7.15. The Kier molecular flexibility index (Phi) is 6.79. The summed E-state index contributed by atoms with van der Waals surface area (Å²) in [5.74, 6) is 0. The van der Waals surface area contributed by atoms with Gasteiger partial charge in [-0.3, -0.25) is 4.90 Å². The molecule has 2 aromatic heterocycles. The number of anilines is 1. The van der Waals surface area contributed by atoms with E-state index < -0.39 is 0 Å². The van der Waals surface area contributed by atoms with Crippen molar-refractivity contribution in [1.82, 2.24) is 9.88 Å². The number of thiazole rings is 1. The van der Waals surface area contributed by atoms with E-state index in [-0.39, 0.29) is 12.4 Å². The van der Waals surface area contributed by atoms with Gasteiger partial charge in [0.1, 0.15) is 0 Å². The topological polar surface area (TPSA) is 42.2 Å². The molecule has 1 atom stereocenters. The van der Waals surface area contributed by atoms with E-state index in [9.17, 15) is 0 Å². The van der Waals surface area contributed by atoms with Crippen LogP contribution in [0.3, 0.4) is 0 Å². The highest BCUT2D eigenvalue weighted by atomic mass is 35.5. The molecule has 2 aromatic rings. The number of nitrogens with zero attached hydrogens (tertiary/aromatic N) is 2. The van der Waals surface area contributed by atoms with Crippen LogP contribution in [0.4, 0.5) is 5.13 Å². The average molecular weight is 318 g/mol. The van der Waals surface area contributed by atoms with E-state index in [2.05, 4.69) is 40.6 Å². The number of hydrogen-bond acceptors (Lipinski definition) is 5. The van der Waals surface area contributed by atoms with Crippen molar-refractivity contribution in [2.24, 2.45) is 0 Å². The molecule has 3 nitrogen and oxygen atoms in total. The van der Waals surface area contributed by atoms with E-state index in [0.717, 1.165) is 19.5 Å². The van der Waals surface area contributed by atoms with Gasteiger partial charge in [-0.25, -0.2) is 4.98 Å². The van der Waals surface area contributed by atoms with E-state index in [0.29, 0.717) is 11.2 Å². The molecule has 0 spiro atoms. The lowest BCUT2D eigenvalue weighted by molar-refractivity contribution is 0.211. The Balaban J connectivity index is 0.00000180. The Morgan fingerprint density at radius 2 is 2.26 bits per heavy atom. The molecule has 0 amide bonds. The van der Waals surface area contributed by atoms with Gasteiger partial charge in [0, 0.05) is 23.7 Å². The number of thiophene rings is 1. The number of aromatic nitrogens is 1. The zero-order chi connectivity index (χ0) is 13.0. The van der Waals surface area contributed by atoms with Gasteiger partial charge in [0.2, 0.25) is 0 Å². The van der Waals surface area contributed by atoms with Crippen molar-refractivity contribution in [3.63, 3.8) is 0 Å². The molecule has 2 rings (SSSR count). The van der Waals surface area contributed by atoms with Gasteiger partial charge in [-0.05, 0) is 42.3 Å². The third kappa shape index (κ3) is 4.76. The molecule has 0 saturated heterocycles. The number of nitrogens with two attached hydrogens (primary N) is 1. The van der Waals surface area contributed by atoms with E-state index in [1.807, 2.05) is 6.20 Å². The molecule has 0 bridgehead atoms. The Morgan fingerprint density at radius 1 is 1.47 bits per heavy atom. The Bertz CT molecular complexity index is 470. The van der Waals surface area contributed by atoms with Gasteiger partial charge in [0.15, 0.2) is 5.13 Å². The van der Waals surface area contributed by atoms with E-state index in [1.165, 1.54) is 10.4 Å². The van der Waals surface area contributed by atoms with Crippen LogP contribution >= 0.6 is 35.1 Å². The first kappa shape index (κ1) is 16.4. The molecule has 0 radical (unpaired) electrons. The SMILES string of the molecule is CCN(Cc1cnc(N)s1)C(C)Cc1ccsc1.Cl. The quantitative estimate of drug-likeness (QED) is 0.884.